The van der Waals surface area contributed by atoms with Crippen molar-refractivity contribution in [3.05, 3.63) is 147 Å². The van der Waals surface area contributed by atoms with E-state index in [1.165, 1.54) is 0 Å². The molecule has 16 heteroatoms. The molecule has 0 radical (unpaired) electrons. The number of carboxylic acids is 2. The zero-order valence-corrected chi connectivity index (χ0v) is 49.7. The van der Waals surface area contributed by atoms with E-state index in [-0.39, 0.29) is 40.8 Å². The predicted octanol–water partition coefficient (Wildman–Crippen LogP) is 8.63. The van der Waals surface area contributed by atoms with Gasteiger partial charge in [-0.25, -0.2) is 9.97 Å². The van der Waals surface area contributed by atoms with Crippen LogP contribution in [0, 0.1) is 167 Å². The van der Waals surface area contributed by atoms with Crippen molar-refractivity contribution in [2.24, 2.45) is 28.2 Å². The second-order valence-electron chi connectivity index (χ2n) is 15.6. The van der Waals surface area contributed by atoms with Crippen LogP contribution in [-0.2, 0) is 78.6 Å². The molecule has 0 amide bonds. The van der Waals surface area contributed by atoms with Crippen molar-refractivity contribution in [3.8, 4) is 223 Å². The van der Waals surface area contributed by atoms with Gasteiger partial charge in [0.2, 0.25) is 0 Å². The SMILES string of the molecule is C#CC#CC#CC#CC#CC#CC#CC#CC#CC#CC#CC#CC#C.CC(=O)O.CC(=O)O.Cn1ccnc1-c1[c-]c(Oc2[c-]c(-c3nccn3C)ccc2)ccc1.Cn1ccnc1-c1cccc(Oc2cccc(-c3nccn3C)c2)c1.[Pd+2].[Pd]. The molecular formula is C70H44N8O6Pd2. The van der Waals surface area contributed by atoms with E-state index < -0.39 is 11.9 Å². The van der Waals surface area contributed by atoms with Crippen LogP contribution < -0.4 is 9.47 Å². The Morgan fingerprint density at radius 1 is 0.419 bits per heavy atom. The number of rotatable bonds is 8. The van der Waals surface area contributed by atoms with Crippen LogP contribution in [0.15, 0.2) is 135 Å². The van der Waals surface area contributed by atoms with Crippen LogP contribution in [0.4, 0.5) is 0 Å². The maximum atomic E-state index is 9.00. The Kier molecular flexibility index (Phi) is 33.3. The number of benzene rings is 4. The molecule has 420 valence electrons. The Balaban J connectivity index is 0.000000408. The minimum absolute atomic E-state index is 0. The summed E-state index contributed by atoms with van der Waals surface area (Å²) in [5.74, 6) is 62.8. The van der Waals surface area contributed by atoms with E-state index in [0.29, 0.717) is 11.5 Å². The van der Waals surface area contributed by atoms with Crippen LogP contribution in [0.25, 0.3) is 45.6 Å². The van der Waals surface area contributed by atoms with E-state index in [0.717, 1.165) is 70.9 Å². The summed E-state index contributed by atoms with van der Waals surface area (Å²) >= 11 is 0. The van der Waals surface area contributed by atoms with Gasteiger partial charge in [0, 0.05) is 182 Å². The molecule has 0 aliphatic carbocycles. The number of aryl methyl sites for hydroxylation is 4. The first-order valence-electron chi connectivity index (χ1n) is 24.1. The fourth-order valence-electron chi connectivity index (χ4n) is 6.16. The number of hydrogen-bond donors (Lipinski definition) is 2. The fourth-order valence-corrected chi connectivity index (χ4v) is 6.16. The van der Waals surface area contributed by atoms with Gasteiger partial charge in [0.25, 0.3) is 11.9 Å². The van der Waals surface area contributed by atoms with Gasteiger partial charge in [0.15, 0.2) is 0 Å². The Bertz CT molecular complexity index is 4040. The van der Waals surface area contributed by atoms with Crippen LogP contribution in [-0.4, -0.2) is 60.4 Å². The standard InChI is InChI=1S/C26H2.C20H18N4O.C20H16N4O.2C2H4O2.2Pd/c1-3-5-7-9-11-13-15-17-19-21-23-25-26-24-22-20-18-16-14-12-10-8-6-4-2;2*1-23-11-9-21-19(23)15-5-3-7-17(13-15)25-18-8-4-6-16(14-18)20-22-10-12-24(20)2;2*1-2(3)4;;/h1-2H;3-14H,1-2H3;3-12H,1-2H3;2*1H3,(H,3,4);;/q;;-2;;;;+2. The first-order chi connectivity index (χ1) is 40.8. The number of ether oxygens (including phenoxy) is 2. The Morgan fingerprint density at radius 3 is 0.930 bits per heavy atom. The molecule has 8 rings (SSSR count). The number of aromatic nitrogens is 8. The van der Waals surface area contributed by atoms with E-state index in [1.54, 1.807) is 24.8 Å². The summed E-state index contributed by atoms with van der Waals surface area (Å²) in [7, 11) is 7.86. The van der Waals surface area contributed by atoms with Gasteiger partial charge < -0.3 is 38.0 Å². The van der Waals surface area contributed by atoms with Crippen molar-refractivity contribution < 1.29 is 70.1 Å². The average Bonchev–Trinajstić information content (AvgIpc) is 4.33. The van der Waals surface area contributed by atoms with Gasteiger partial charge >= 0.3 is 20.4 Å². The minimum Gasteiger partial charge on any atom is -0.497 e. The molecule has 8 aromatic rings. The smallest absolute Gasteiger partial charge is 0.497 e. The van der Waals surface area contributed by atoms with Gasteiger partial charge in [-0.15, -0.1) is 60.4 Å². The van der Waals surface area contributed by atoms with Crippen molar-refractivity contribution in [1.29, 1.82) is 0 Å². The maximum absolute atomic E-state index is 9.00. The van der Waals surface area contributed by atoms with Gasteiger partial charge in [-0.1, -0.05) is 36.4 Å². The summed E-state index contributed by atoms with van der Waals surface area (Å²) in [5, 5.41) is 14.8. The topological polar surface area (TPSA) is 164 Å². The zero-order chi connectivity index (χ0) is 60.6. The summed E-state index contributed by atoms with van der Waals surface area (Å²) < 4.78 is 19.9. The largest absolute Gasteiger partial charge is 2.00 e. The monoisotopic (exact) mass is 1300 g/mol. The third kappa shape index (κ3) is 27.4. The summed E-state index contributed by atoms with van der Waals surface area (Å²) in [6.45, 7) is 2.17. The van der Waals surface area contributed by atoms with Crippen LogP contribution in [0.3, 0.4) is 0 Å². The number of nitrogens with zero attached hydrogens (tertiary/aromatic N) is 8. The number of hydrogen-bond acceptors (Lipinski definition) is 8. The average molecular weight is 1310 g/mol. The van der Waals surface area contributed by atoms with Crippen molar-refractivity contribution >= 4 is 11.9 Å². The molecule has 0 bridgehead atoms. The number of carboxylic acid groups (broad SMARTS) is 2. The van der Waals surface area contributed by atoms with Crippen LogP contribution in [0.5, 0.6) is 23.0 Å². The Hall–Kier alpha value is -12.1. The van der Waals surface area contributed by atoms with E-state index in [4.69, 9.17) is 42.1 Å². The fraction of sp³-hybridized carbons (Fsp3) is 0.0857. The van der Waals surface area contributed by atoms with E-state index in [9.17, 15) is 0 Å². The first kappa shape index (κ1) is 70.0. The van der Waals surface area contributed by atoms with Crippen LogP contribution >= 0.6 is 0 Å². The number of imidazole rings is 4. The number of aliphatic carboxylic acids is 2. The quantitative estimate of drug-likeness (QED) is 0.0856. The predicted molar refractivity (Wildman–Crippen MR) is 322 cm³/mol. The second-order valence-corrected chi connectivity index (χ2v) is 15.6. The molecule has 86 heavy (non-hydrogen) atoms. The summed E-state index contributed by atoms with van der Waals surface area (Å²) in [4.78, 5) is 35.5. The third-order valence-corrected chi connectivity index (χ3v) is 9.40. The van der Waals surface area contributed by atoms with Gasteiger partial charge in [0.05, 0.1) is 11.6 Å². The van der Waals surface area contributed by atoms with Crippen molar-refractivity contribution in [2.45, 2.75) is 13.8 Å². The molecule has 0 fully saturated rings. The van der Waals surface area contributed by atoms with Gasteiger partial charge in [-0.2, -0.15) is 0 Å². The molecule has 0 atom stereocenters. The summed E-state index contributed by atoms with van der Waals surface area (Å²) in [5.41, 5.74) is 3.80. The van der Waals surface area contributed by atoms with Crippen molar-refractivity contribution in [1.82, 2.24) is 38.2 Å². The number of carbonyl (C=O) groups is 2. The molecule has 0 aliphatic rings. The molecule has 0 saturated carbocycles. The molecule has 0 aliphatic heterocycles. The Labute approximate surface area is 529 Å². The normalized spacial score (nSPS) is 8.00. The molecule has 4 aromatic heterocycles. The molecule has 0 spiro atoms. The molecule has 0 saturated heterocycles. The number of terminal acetylenes is 2. The maximum Gasteiger partial charge on any atom is 2.00 e. The summed E-state index contributed by atoms with van der Waals surface area (Å²) in [6.07, 6.45) is 24.6. The molecule has 2 N–H and O–H groups in total. The Morgan fingerprint density at radius 2 is 0.674 bits per heavy atom. The van der Waals surface area contributed by atoms with Crippen LogP contribution in [0.1, 0.15) is 13.8 Å². The van der Waals surface area contributed by atoms with Crippen molar-refractivity contribution in [2.75, 3.05) is 0 Å². The van der Waals surface area contributed by atoms with E-state index in [2.05, 4.69) is 174 Å². The summed E-state index contributed by atoms with van der Waals surface area (Å²) in [6, 6.07) is 33.9. The molecule has 4 heterocycles. The van der Waals surface area contributed by atoms with Gasteiger partial charge in [-0.05, 0) is 119 Å². The second kappa shape index (κ2) is 40.9. The molecule has 14 nitrogen and oxygen atoms in total. The van der Waals surface area contributed by atoms with Crippen molar-refractivity contribution in [3.63, 3.8) is 0 Å². The molecule has 4 aromatic carbocycles. The molecular weight excluding hydrogens is 1260 g/mol. The molecule has 0 unspecified atom stereocenters. The van der Waals surface area contributed by atoms with E-state index >= 15 is 0 Å². The van der Waals surface area contributed by atoms with E-state index in [1.807, 2.05) is 156 Å². The van der Waals surface area contributed by atoms with Gasteiger partial charge in [0.1, 0.15) is 23.1 Å². The minimum atomic E-state index is -0.833. The zero-order valence-electron chi connectivity index (χ0n) is 46.6. The van der Waals surface area contributed by atoms with Crippen LogP contribution in [0.2, 0.25) is 0 Å². The van der Waals surface area contributed by atoms with Gasteiger partial charge in [-0.3, -0.25) is 19.6 Å². The third-order valence-electron chi connectivity index (χ3n) is 9.40. The first-order valence-corrected chi connectivity index (χ1v) is 24.1.